The molecule has 0 amide bonds. The van der Waals surface area contributed by atoms with Crippen molar-refractivity contribution in [2.24, 2.45) is 0 Å². The molecule has 1 N–H and O–H groups in total. The zero-order valence-corrected chi connectivity index (χ0v) is 10.7. The number of hydrogen-bond donors (Lipinski definition) is 1. The van der Waals surface area contributed by atoms with Crippen LogP contribution in [-0.4, -0.2) is 22.3 Å². The molecule has 0 aliphatic carbocycles. The molecule has 0 bridgehead atoms. The maximum Gasteiger partial charge on any atom is 0.131 e. The van der Waals surface area contributed by atoms with Crippen LogP contribution in [-0.2, 0) is 17.3 Å². The zero-order chi connectivity index (χ0) is 10.6. The van der Waals surface area contributed by atoms with E-state index < -0.39 is 10.8 Å². The lowest BCUT2D eigenvalue weighted by atomic mass is 10.4. The molecule has 0 saturated heterocycles. The predicted octanol–water partition coefficient (Wildman–Crippen LogP) is 1.90. The van der Waals surface area contributed by atoms with Gasteiger partial charge in [0.25, 0.3) is 0 Å². The number of rotatable bonds is 5. The summed E-state index contributed by atoms with van der Waals surface area (Å²) < 4.78 is 17.2. The third-order valence-corrected chi connectivity index (χ3v) is 3.98. The molecule has 0 spiro atoms. The van der Waals surface area contributed by atoms with Crippen molar-refractivity contribution in [3.63, 3.8) is 0 Å². The first-order chi connectivity index (χ1) is 6.61. The molecule has 1 heterocycles. The molecule has 0 radical (unpaired) electrons. The molecule has 5 heteroatoms. The van der Waals surface area contributed by atoms with E-state index in [1.165, 1.54) is 0 Å². The topological polar surface area (TPSA) is 42.2 Å². The van der Waals surface area contributed by atoms with Crippen molar-refractivity contribution in [2.75, 3.05) is 12.8 Å². The predicted molar refractivity (Wildman–Crippen MR) is 61.6 cm³/mol. The smallest absolute Gasteiger partial charge is 0.131 e. The van der Waals surface area contributed by atoms with Gasteiger partial charge in [-0.25, -0.2) is 0 Å². The van der Waals surface area contributed by atoms with E-state index in [9.17, 15) is 4.21 Å². The van der Waals surface area contributed by atoms with E-state index in [-0.39, 0.29) is 5.25 Å². The molecule has 1 aromatic heterocycles. The third kappa shape index (κ3) is 3.55. The molecular formula is C9H14BrNO2S. The summed E-state index contributed by atoms with van der Waals surface area (Å²) in [5.41, 5.74) is 0. The number of nitrogens with one attached hydrogen (secondary N) is 1. The Hall–Kier alpha value is -0.130. The van der Waals surface area contributed by atoms with Crippen LogP contribution >= 0.6 is 15.9 Å². The Morgan fingerprint density at radius 2 is 2.43 bits per heavy atom. The first-order valence-corrected chi connectivity index (χ1v) is 6.77. The fourth-order valence-corrected chi connectivity index (χ4v) is 1.65. The van der Waals surface area contributed by atoms with E-state index in [2.05, 4.69) is 21.2 Å². The number of halogens is 1. The fourth-order valence-electron chi connectivity index (χ4n) is 0.958. The van der Waals surface area contributed by atoms with Gasteiger partial charge >= 0.3 is 0 Å². The largest absolute Gasteiger partial charge is 0.467 e. The van der Waals surface area contributed by atoms with Crippen molar-refractivity contribution in [1.82, 2.24) is 5.32 Å². The highest BCUT2D eigenvalue weighted by atomic mass is 79.9. The second-order valence-corrected chi connectivity index (χ2v) is 5.79. The molecule has 0 aromatic carbocycles. The molecule has 2 unspecified atom stereocenters. The lowest BCUT2D eigenvalue weighted by Crippen LogP contribution is -2.27. The zero-order valence-electron chi connectivity index (χ0n) is 8.25. The minimum Gasteiger partial charge on any atom is -0.467 e. The highest BCUT2D eigenvalue weighted by Gasteiger charge is 2.07. The van der Waals surface area contributed by atoms with Crippen molar-refractivity contribution >= 4 is 26.7 Å². The van der Waals surface area contributed by atoms with Gasteiger partial charge < -0.3 is 9.73 Å². The van der Waals surface area contributed by atoms with Crippen LogP contribution in [0, 0.1) is 0 Å². The van der Waals surface area contributed by atoms with Crippen molar-refractivity contribution in [3.8, 4) is 0 Å². The highest BCUT2D eigenvalue weighted by Crippen LogP contribution is 2.16. The summed E-state index contributed by atoms with van der Waals surface area (Å²) in [7, 11) is -0.769. The summed E-state index contributed by atoms with van der Waals surface area (Å²) in [5, 5.41) is 3.36. The van der Waals surface area contributed by atoms with Gasteiger partial charge in [0.05, 0.1) is 17.3 Å². The van der Waals surface area contributed by atoms with Gasteiger partial charge in [0.2, 0.25) is 0 Å². The molecule has 1 aromatic rings. The SMILES string of the molecule is CC(CNCc1occc1Br)S(C)=O. The van der Waals surface area contributed by atoms with Crippen LogP contribution in [0.1, 0.15) is 12.7 Å². The molecule has 2 atom stereocenters. The van der Waals surface area contributed by atoms with Gasteiger partial charge in [0.15, 0.2) is 0 Å². The van der Waals surface area contributed by atoms with Gasteiger partial charge in [-0.1, -0.05) is 0 Å². The Kier molecular flexibility index (Phi) is 4.84. The molecule has 80 valence electrons. The van der Waals surface area contributed by atoms with E-state index >= 15 is 0 Å². The van der Waals surface area contributed by atoms with Gasteiger partial charge in [-0.15, -0.1) is 0 Å². The quantitative estimate of drug-likeness (QED) is 0.895. The average Bonchev–Trinajstić information content (AvgIpc) is 2.51. The van der Waals surface area contributed by atoms with Crippen molar-refractivity contribution < 1.29 is 8.63 Å². The Bertz CT molecular complexity index is 314. The van der Waals surface area contributed by atoms with Crippen molar-refractivity contribution in [1.29, 1.82) is 0 Å². The summed E-state index contributed by atoms with van der Waals surface area (Å²) in [6.45, 7) is 3.35. The van der Waals surface area contributed by atoms with Gasteiger partial charge in [-0.3, -0.25) is 4.21 Å². The lowest BCUT2D eigenvalue weighted by Gasteiger charge is -2.08. The van der Waals surface area contributed by atoms with E-state index in [0.717, 1.165) is 16.8 Å². The molecule has 0 saturated carbocycles. The Balaban J connectivity index is 2.29. The van der Waals surface area contributed by atoms with Crippen LogP contribution in [0.5, 0.6) is 0 Å². The number of furan rings is 1. The third-order valence-electron chi connectivity index (χ3n) is 1.98. The second-order valence-electron chi connectivity index (χ2n) is 3.13. The molecule has 0 fully saturated rings. The molecule has 14 heavy (non-hydrogen) atoms. The van der Waals surface area contributed by atoms with Crippen LogP contribution in [0.25, 0.3) is 0 Å². The normalized spacial score (nSPS) is 15.4. The van der Waals surface area contributed by atoms with Gasteiger partial charge in [0.1, 0.15) is 5.76 Å². The second kappa shape index (κ2) is 5.68. The Morgan fingerprint density at radius 1 is 1.71 bits per heavy atom. The van der Waals surface area contributed by atoms with Crippen LogP contribution in [0.15, 0.2) is 21.2 Å². The lowest BCUT2D eigenvalue weighted by molar-refractivity contribution is 0.481. The minimum atomic E-state index is -0.769. The monoisotopic (exact) mass is 279 g/mol. The summed E-state index contributed by atoms with van der Waals surface area (Å²) in [4.78, 5) is 0. The van der Waals surface area contributed by atoms with Gasteiger partial charge in [-0.05, 0) is 28.9 Å². The van der Waals surface area contributed by atoms with E-state index in [4.69, 9.17) is 4.42 Å². The Labute approximate surface area is 94.8 Å². The molecular weight excluding hydrogens is 266 g/mol. The maximum absolute atomic E-state index is 11.0. The molecule has 0 aliphatic heterocycles. The fraction of sp³-hybridized carbons (Fsp3) is 0.556. The molecule has 0 aliphatic rings. The molecule has 3 nitrogen and oxygen atoms in total. The van der Waals surface area contributed by atoms with Crippen LogP contribution in [0.2, 0.25) is 0 Å². The first-order valence-electron chi connectivity index (χ1n) is 4.36. The highest BCUT2D eigenvalue weighted by molar-refractivity contribution is 9.10. The summed E-state index contributed by atoms with van der Waals surface area (Å²) in [5.74, 6) is 0.874. The van der Waals surface area contributed by atoms with Crippen LogP contribution in [0.4, 0.5) is 0 Å². The van der Waals surface area contributed by atoms with Crippen molar-refractivity contribution in [2.45, 2.75) is 18.7 Å². The number of hydrogen-bond acceptors (Lipinski definition) is 3. The average molecular weight is 280 g/mol. The van der Waals surface area contributed by atoms with Crippen LogP contribution < -0.4 is 5.32 Å². The van der Waals surface area contributed by atoms with E-state index in [0.29, 0.717) is 6.54 Å². The van der Waals surface area contributed by atoms with E-state index in [1.807, 2.05) is 13.0 Å². The first kappa shape index (κ1) is 11.9. The standard InChI is InChI=1S/C9H14BrNO2S/c1-7(14(2)12)5-11-6-9-8(10)3-4-13-9/h3-4,7,11H,5-6H2,1-2H3. The summed E-state index contributed by atoms with van der Waals surface area (Å²) in [6, 6.07) is 1.86. The Morgan fingerprint density at radius 3 is 2.93 bits per heavy atom. The van der Waals surface area contributed by atoms with Crippen LogP contribution in [0.3, 0.4) is 0 Å². The maximum atomic E-state index is 11.0. The molecule has 1 rings (SSSR count). The summed E-state index contributed by atoms with van der Waals surface area (Å²) in [6.07, 6.45) is 3.36. The van der Waals surface area contributed by atoms with Gasteiger partial charge in [-0.2, -0.15) is 0 Å². The summed E-state index contributed by atoms with van der Waals surface area (Å²) >= 11 is 3.37. The van der Waals surface area contributed by atoms with Gasteiger partial charge in [0, 0.05) is 28.9 Å². The van der Waals surface area contributed by atoms with Crippen molar-refractivity contribution in [3.05, 3.63) is 22.6 Å². The minimum absolute atomic E-state index is 0.170. The van der Waals surface area contributed by atoms with E-state index in [1.54, 1.807) is 12.5 Å².